The minimum atomic E-state index is -0.719. The van der Waals surface area contributed by atoms with Crippen LogP contribution in [-0.2, 0) is 40.3 Å². The van der Waals surface area contributed by atoms with Gasteiger partial charge >= 0.3 is 5.97 Å². The van der Waals surface area contributed by atoms with Crippen molar-refractivity contribution in [1.29, 1.82) is 0 Å². The standard InChI is InChI=1S/C30H37Cl2N5O4/c1-18-19(11-20-7-6-9-33-28(20)34-18)8-10-37-16-24(26(36-37)17-41-30(2,3)4)29(39)35-25(15-27(38)40-5)21-12-22(31)14-23(32)13-21/h11-14,16,25H,6-10,15,17H2,1-5H3,(H,33,34)(H,35,39). The van der Waals surface area contributed by atoms with Crippen molar-refractivity contribution in [2.45, 2.75) is 78.2 Å². The van der Waals surface area contributed by atoms with Crippen molar-refractivity contribution in [3.8, 4) is 0 Å². The highest BCUT2D eigenvalue weighted by atomic mass is 35.5. The molecule has 1 unspecified atom stereocenters. The second-order valence-electron chi connectivity index (χ2n) is 11.2. The second kappa shape index (κ2) is 13.2. The molecule has 1 atom stereocenters. The molecule has 220 valence electrons. The summed E-state index contributed by atoms with van der Waals surface area (Å²) >= 11 is 12.4. The van der Waals surface area contributed by atoms with Gasteiger partial charge in [0.05, 0.1) is 37.3 Å². The zero-order valence-corrected chi connectivity index (χ0v) is 25.7. The van der Waals surface area contributed by atoms with E-state index in [1.54, 1.807) is 29.1 Å². The van der Waals surface area contributed by atoms with Crippen LogP contribution in [0.5, 0.6) is 0 Å². The molecule has 1 aliphatic heterocycles. The minimum absolute atomic E-state index is 0.0969. The number of nitrogens with zero attached hydrogens (tertiary/aromatic N) is 3. The number of carbonyl (C=O) groups is 2. The molecular formula is C30H37Cl2N5O4. The summed E-state index contributed by atoms with van der Waals surface area (Å²) < 4.78 is 12.6. The Morgan fingerprint density at radius 2 is 1.90 bits per heavy atom. The first kappa shape index (κ1) is 30.8. The van der Waals surface area contributed by atoms with Gasteiger partial charge in [0.1, 0.15) is 11.5 Å². The fraction of sp³-hybridized carbons (Fsp3) is 0.467. The average molecular weight is 603 g/mol. The van der Waals surface area contributed by atoms with Crippen molar-refractivity contribution >= 4 is 40.9 Å². The van der Waals surface area contributed by atoms with Gasteiger partial charge in [-0.05, 0) is 81.8 Å². The Morgan fingerprint density at radius 1 is 1.17 bits per heavy atom. The molecule has 2 N–H and O–H groups in total. The van der Waals surface area contributed by atoms with Crippen LogP contribution in [-0.4, -0.2) is 45.9 Å². The smallest absolute Gasteiger partial charge is 0.307 e. The third kappa shape index (κ3) is 8.44. The lowest BCUT2D eigenvalue weighted by Crippen LogP contribution is -2.31. The van der Waals surface area contributed by atoms with Crippen LogP contribution in [0.15, 0.2) is 30.5 Å². The molecule has 1 amide bonds. The number of carbonyl (C=O) groups excluding carboxylic acids is 2. The van der Waals surface area contributed by atoms with Crippen molar-refractivity contribution in [3.63, 3.8) is 0 Å². The van der Waals surface area contributed by atoms with E-state index in [9.17, 15) is 9.59 Å². The maximum atomic E-state index is 13.7. The number of hydrogen-bond acceptors (Lipinski definition) is 7. The number of aromatic nitrogens is 3. The number of halogens is 2. The molecule has 41 heavy (non-hydrogen) atoms. The number of esters is 1. The minimum Gasteiger partial charge on any atom is -0.469 e. The molecule has 1 aromatic carbocycles. The number of aryl methyl sites for hydroxylation is 4. The zero-order chi connectivity index (χ0) is 29.7. The molecular weight excluding hydrogens is 565 g/mol. The van der Waals surface area contributed by atoms with E-state index in [4.69, 9.17) is 42.8 Å². The number of pyridine rings is 1. The van der Waals surface area contributed by atoms with E-state index in [1.807, 2.05) is 27.7 Å². The number of rotatable bonds is 10. The number of fused-ring (bicyclic) bond motifs is 1. The van der Waals surface area contributed by atoms with Gasteiger partial charge in [-0.15, -0.1) is 0 Å². The average Bonchev–Trinajstić information content (AvgIpc) is 3.32. The predicted molar refractivity (Wildman–Crippen MR) is 160 cm³/mol. The van der Waals surface area contributed by atoms with Crippen LogP contribution >= 0.6 is 23.2 Å². The quantitative estimate of drug-likeness (QED) is 0.281. The Labute approximate surface area is 250 Å². The van der Waals surface area contributed by atoms with Crippen LogP contribution in [0, 0.1) is 6.92 Å². The Balaban J connectivity index is 1.58. The van der Waals surface area contributed by atoms with Crippen molar-refractivity contribution in [3.05, 3.63) is 74.1 Å². The summed E-state index contributed by atoms with van der Waals surface area (Å²) in [4.78, 5) is 30.6. The van der Waals surface area contributed by atoms with Crippen molar-refractivity contribution < 1.29 is 19.1 Å². The summed E-state index contributed by atoms with van der Waals surface area (Å²) in [6, 6.07) is 6.42. The largest absolute Gasteiger partial charge is 0.469 e. The van der Waals surface area contributed by atoms with Crippen LogP contribution < -0.4 is 10.6 Å². The number of hydrogen-bond donors (Lipinski definition) is 2. The normalized spacial score (nSPS) is 13.7. The highest BCUT2D eigenvalue weighted by Gasteiger charge is 2.25. The molecule has 0 radical (unpaired) electrons. The maximum Gasteiger partial charge on any atom is 0.307 e. The topological polar surface area (TPSA) is 107 Å². The van der Waals surface area contributed by atoms with E-state index in [1.165, 1.54) is 12.7 Å². The van der Waals surface area contributed by atoms with Crippen molar-refractivity contribution in [2.75, 3.05) is 19.0 Å². The van der Waals surface area contributed by atoms with E-state index in [0.717, 1.165) is 36.5 Å². The summed E-state index contributed by atoms with van der Waals surface area (Å²) in [5, 5.41) is 11.8. The SMILES string of the molecule is COC(=O)CC(NC(=O)c1cn(CCc2cc3c(nc2C)NCCC3)nc1COC(C)(C)C)c1cc(Cl)cc(Cl)c1. The molecule has 0 aliphatic carbocycles. The number of benzene rings is 1. The van der Waals surface area contributed by atoms with Gasteiger partial charge in [0.2, 0.25) is 0 Å². The molecule has 0 fully saturated rings. The Kier molecular flexibility index (Phi) is 9.94. The number of ether oxygens (including phenoxy) is 2. The van der Waals surface area contributed by atoms with E-state index in [0.29, 0.717) is 39.8 Å². The van der Waals surface area contributed by atoms with Crippen LogP contribution in [0.25, 0.3) is 0 Å². The molecule has 0 spiro atoms. The van der Waals surface area contributed by atoms with Crippen LogP contribution in [0.2, 0.25) is 10.0 Å². The molecule has 3 aromatic rings. The molecule has 9 nitrogen and oxygen atoms in total. The number of nitrogens with one attached hydrogen (secondary N) is 2. The Hall–Kier alpha value is -3.14. The van der Waals surface area contributed by atoms with E-state index >= 15 is 0 Å². The van der Waals surface area contributed by atoms with Gasteiger partial charge in [0.25, 0.3) is 5.91 Å². The number of anilines is 1. The van der Waals surface area contributed by atoms with Crippen LogP contribution in [0.4, 0.5) is 5.82 Å². The molecule has 4 rings (SSSR count). The zero-order valence-electron chi connectivity index (χ0n) is 24.1. The van der Waals surface area contributed by atoms with Gasteiger partial charge in [-0.2, -0.15) is 5.10 Å². The van der Waals surface area contributed by atoms with Gasteiger partial charge in [-0.1, -0.05) is 29.3 Å². The lowest BCUT2D eigenvalue weighted by molar-refractivity contribution is -0.141. The lowest BCUT2D eigenvalue weighted by Gasteiger charge is -2.20. The summed E-state index contributed by atoms with van der Waals surface area (Å²) in [5.74, 6) is 0.0914. The van der Waals surface area contributed by atoms with Gasteiger partial charge in [0, 0.05) is 35.0 Å². The summed E-state index contributed by atoms with van der Waals surface area (Å²) in [6.45, 7) is 9.50. The second-order valence-corrected chi connectivity index (χ2v) is 12.1. The van der Waals surface area contributed by atoms with Gasteiger partial charge in [-0.3, -0.25) is 14.3 Å². The molecule has 3 heterocycles. The predicted octanol–water partition coefficient (Wildman–Crippen LogP) is 5.84. The van der Waals surface area contributed by atoms with Crippen LogP contribution in [0.3, 0.4) is 0 Å². The third-order valence-corrected chi connectivity index (χ3v) is 7.27. The fourth-order valence-corrected chi connectivity index (χ4v) is 5.23. The molecule has 2 aromatic heterocycles. The Bertz CT molecular complexity index is 1400. The monoisotopic (exact) mass is 601 g/mol. The Morgan fingerprint density at radius 3 is 2.59 bits per heavy atom. The molecule has 0 saturated heterocycles. The summed E-state index contributed by atoms with van der Waals surface area (Å²) in [5.41, 5.74) is 4.38. The molecule has 0 bridgehead atoms. The van der Waals surface area contributed by atoms with Crippen LogP contribution in [0.1, 0.15) is 78.1 Å². The van der Waals surface area contributed by atoms with Crippen molar-refractivity contribution in [2.24, 2.45) is 0 Å². The van der Waals surface area contributed by atoms with Crippen molar-refractivity contribution in [1.82, 2.24) is 20.1 Å². The first-order chi connectivity index (χ1) is 19.4. The number of methoxy groups -OCH3 is 1. The summed E-state index contributed by atoms with van der Waals surface area (Å²) in [6.07, 6.45) is 4.43. The molecule has 11 heteroatoms. The van der Waals surface area contributed by atoms with Gasteiger partial charge in [0.15, 0.2) is 0 Å². The van der Waals surface area contributed by atoms with Gasteiger partial charge in [-0.25, -0.2) is 4.98 Å². The molecule has 1 aliphatic rings. The summed E-state index contributed by atoms with van der Waals surface area (Å²) in [7, 11) is 1.30. The first-order valence-corrected chi connectivity index (χ1v) is 14.4. The third-order valence-electron chi connectivity index (χ3n) is 6.84. The number of amides is 1. The lowest BCUT2D eigenvalue weighted by atomic mass is 10.0. The molecule has 0 saturated carbocycles. The van der Waals surface area contributed by atoms with E-state index in [2.05, 4.69) is 16.7 Å². The fourth-order valence-electron chi connectivity index (χ4n) is 4.68. The highest BCUT2D eigenvalue weighted by molar-refractivity contribution is 6.34. The highest BCUT2D eigenvalue weighted by Crippen LogP contribution is 2.27. The van der Waals surface area contributed by atoms with E-state index < -0.39 is 23.5 Å². The maximum absolute atomic E-state index is 13.7. The van der Waals surface area contributed by atoms with Gasteiger partial charge < -0.3 is 20.1 Å². The first-order valence-electron chi connectivity index (χ1n) is 13.7. The van der Waals surface area contributed by atoms with E-state index in [-0.39, 0.29) is 13.0 Å².